The van der Waals surface area contributed by atoms with E-state index in [2.05, 4.69) is 24.3 Å². The summed E-state index contributed by atoms with van der Waals surface area (Å²) in [6.07, 6.45) is 7.32. The summed E-state index contributed by atoms with van der Waals surface area (Å²) in [4.78, 5) is 15.4. The van der Waals surface area contributed by atoms with Crippen molar-refractivity contribution in [3.63, 3.8) is 0 Å². The summed E-state index contributed by atoms with van der Waals surface area (Å²) in [6.45, 7) is 0.644. The molecule has 0 fully saturated rings. The number of imidazole rings is 1. The van der Waals surface area contributed by atoms with Crippen LogP contribution in [-0.2, 0) is 6.54 Å². The van der Waals surface area contributed by atoms with Crippen molar-refractivity contribution >= 4 is 5.65 Å². The van der Waals surface area contributed by atoms with E-state index in [1.54, 1.807) is 30.6 Å². The zero-order valence-corrected chi connectivity index (χ0v) is 14.3. The predicted octanol–water partition coefficient (Wildman–Crippen LogP) is 3.48. The van der Waals surface area contributed by atoms with Crippen LogP contribution in [0, 0.1) is 5.82 Å². The third-order valence-corrected chi connectivity index (χ3v) is 4.36. The lowest BCUT2D eigenvalue weighted by atomic mass is 10.0. The average molecular weight is 347 g/mol. The van der Waals surface area contributed by atoms with Crippen molar-refractivity contribution in [2.45, 2.75) is 12.6 Å². The molecule has 0 aliphatic carbocycles. The Morgan fingerprint density at radius 1 is 1.00 bits per heavy atom. The van der Waals surface area contributed by atoms with Crippen molar-refractivity contribution in [1.29, 1.82) is 0 Å². The van der Waals surface area contributed by atoms with Gasteiger partial charge in [0.1, 0.15) is 17.3 Å². The molecule has 4 aromatic rings. The molecular formula is C20H18FN5. The highest BCUT2D eigenvalue weighted by atomic mass is 19.1. The topological polar surface area (TPSA) is 46.3 Å². The zero-order chi connectivity index (χ0) is 17.9. The number of nitrogens with zero attached hydrogens (tertiary/aromatic N) is 5. The summed E-state index contributed by atoms with van der Waals surface area (Å²) < 4.78 is 15.4. The lowest BCUT2D eigenvalue weighted by Crippen LogP contribution is -2.27. The molecule has 0 N–H and O–H groups in total. The molecule has 0 spiro atoms. The molecule has 0 saturated heterocycles. The van der Waals surface area contributed by atoms with E-state index in [1.807, 2.05) is 37.6 Å². The van der Waals surface area contributed by atoms with Gasteiger partial charge in [-0.25, -0.2) is 19.3 Å². The maximum Gasteiger partial charge on any atom is 0.149 e. The normalized spacial score (nSPS) is 12.6. The molecule has 0 saturated carbocycles. The highest BCUT2D eigenvalue weighted by molar-refractivity contribution is 5.39. The van der Waals surface area contributed by atoms with Crippen molar-refractivity contribution in [3.05, 3.63) is 96.2 Å². The van der Waals surface area contributed by atoms with Crippen molar-refractivity contribution < 1.29 is 4.39 Å². The van der Waals surface area contributed by atoms with Gasteiger partial charge in [0.25, 0.3) is 0 Å². The molecule has 0 amide bonds. The summed E-state index contributed by atoms with van der Waals surface area (Å²) in [5.74, 6) is 0.418. The molecule has 4 rings (SSSR count). The molecule has 6 heteroatoms. The lowest BCUT2D eigenvalue weighted by molar-refractivity contribution is 0.257. The highest BCUT2D eigenvalue weighted by Crippen LogP contribution is 2.26. The van der Waals surface area contributed by atoms with Crippen molar-refractivity contribution in [1.82, 2.24) is 24.3 Å². The number of aromatic nitrogens is 4. The van der Waals surface area contributed by atoms with E-state index in [0.717, 1.165) is 16.9 Å². The van der Waals surface area contributed by atoms with Gasteiger partial charge in [-0.05, 0) is 42.9 Å². The Hall–Kier alpha value is -3.12. The average Bonchev–Trinajstić information content (AvgIpc) is 3.07. The van der Waals surface area contributed by atoms with Gasteiger partial charge in [0.2, 0.25) is 0 Å². The van der Waals surface area contributed by atoms with Gasteiger partial charge < -0.3 is 4.40 Å². The summed E-state index contributed by atoms with van der Waals surface area (Å²) in [7, 11) is 2.01. The molecule has 0 aliphatic rings. The molecule has 3 heterocycles. The Kier molecular flexibility index (Phi) is 4.41. The Labute approximate surface area is 150 Å². The quantitative estimate of drug-likeness (QED) is 0.554. The predicted molar refractivity (Wildman–Crippen MR) is 96.9 cm³/mol. The van der Waals surface area contributed by atoms with E-state index in [1.165, 1.54) is 12.1 Å². The SMILES string of the molecule is CN(Cc1cnc2ccccn12)[C@H](c1ccc(F)cc1)c1ncccn1. The zero-order valence-electron chi connectivity index (χ0n) is 14.3. The number of fused-ring (bicyclic) bond motifs is 1. The van der Waals surface area contributed by atoms with Crippen LogP contribution in [0.2, 0.25) is 0 Å². The third-order valence-electron chi connectivity index (χ3n) is 4.36. The Bertz CT molecular complexity index is 998. The largest absolute Gasteiger partial charge is 0.303 e. The van der Waals surface area contributed by atoms with E-state index in [-0.39, 0.29) is 11.9 Å². The first-order valence-electron chi connectivity index (χ1n) is 8.36. The van der Waals surface area contributed by atoms with Gasteiger partial charge in [0, 0.05) is 25.1 Å². The maximum absolute atomic E-state index is 13.4. The smallest absolute Gasteiger partial charge is 0.149 e. The van der Waals surface area contributed by atoms with Gasteiger partial charge in [-0.3, -0.25) is 4.90 Å². The van der Waals surface area contributed by atoms with Gasteiger partial charge >= 0.3 is 0 Å². The summed E-state index contributed by atoms with van der Waals surface area (Å²) in [5.41, 5.74) is 2.91. The van der Waals surface area contributed by atoms with E-state index in [9.17, 15) is 4.39 Å². The molecule has 0 unspecified atom stereocenters. The first kappa shape index (κ1) is 16.4. The van der Waals surface area contributed by atoms with Crippen LogP contribution in [0.5, 0.6) is 0 Å². The second-order valence-corrected chi connectivity index (χ2v) is 6.15. The molecule has 3 aromatic heterocycles. The highest BCUT2D eigenvalue weighted by Gasteiger charge is 2.23. The molecular weight excluding hydrogens is 329 g/mol. The van der Waals surface area contributed by atoms with Crippen LogP contribution in [0.25, 0.3) is 5.65 Å². The number of benzene rings is 1. The van der Waals surface area contributed by atoms with Crippen molar-refractivity contribution in [3.8, 4) is 0 Å². The minimum atomic E-state index is -0.258. The fourth-order valence-electron chi connectivity index (χ4n) is 3.15. The number of halogens is 1. The number of hydrogen-bond acceptors (Lipinski definition) is 4. The Morgan fingerprint density at radius 2 is 1.77 bits per heavy atom. The monoisotopic (exact) mass is 347 g/mol. The van der Waals surface area contributed by atoms with Crippen LogP contribution in [0.3, 0.4) is 0 Å². The molecule has 26 heavy (non-hydrogen) atoms. The molecule has 1 aromatic carbocycles. The molecule has 1 atom stereocenters. The van der Waals surface area contributed by atoms with Gasteiger partial charge in [-0.2, -0.15) is 0 Å². The van der Waals surface area contributed by atoms with Crippen LogP contribution in [-0.4, -0.2) is 31.3 Å². The molecule has 0 bridgehead atoms. The van der Waals surface area contributed by atoms with Gasteiger partial charge in [0.15, 0.2) is 0 Å². The summed E-state index contributed by atoms with van der Waals surface area (Å²) in [5, 5.41) is 0. The van der Waals surface area contributed by atoms with Crippen LogP contribution in [0.15, 0.2) is 73.3 Å². The van der Waals surface area contributed by atoms with E-state index in [0.29, 0.717) is 12.4 Å². The van der Waals surface area contributed by atoms with Gasteiger partial charge in [-0.15, -0.1) is 0 Å². The third kappa shape index (κ3) is 3.19. The number of rotatable bonds is 5. The van der Waals surface area contributed by atoms with Crippen molar-refractivity contribution in [2.75, 3.05) is 7.05 Å². The van der Waals surface area contributed by atoms with E-state index < -0.39 is 0 Å². The number of hydrogen-bond donors (Lipinski definition) is 0. The first-order chi connectivity index (χ1) is 12.7. The second kappa shape index (κ2) is 7.01. The standard InChI is InChI=1S/C20H18FN5/c1-25(14-17-13-24-18-5-2-3-12-26(17)18)19(20-22-10-4-11-23-20)15-6-8-16(21)9-7-15/h2-13,19H,14H2,1H3/t19-/m1/s1. The molecule has 130 valence electrons. The lowest BCUT2D eigenvalue weighted by Gasteiger charge is -2.27. The van der Waals surface area contributed by atoms with E-state index in [4.69, 9.17) is 0 Å². The van der Waals surface area contributed by atoms with Gasteiger partial charge in [-0.1, -0.05) is 18.2 Å². The van der Waals surface area contributed by atoms with Crippen molar-refractivity contribution in [2.24, 2.45) is 0 Å². The minimum Gasteiger partial charge on any atom is -0.303 e. The van der Waals surface area contributed by atoms with Crippen LogP contribution in [0.1, 0.15) is 23.1 Å². The summed E-state index contributed by atoms with van der Waals surface area (Å²) in [6, 6.07) is 14.0. The Morgan fingerprint density at radius 3 is 2.54 bits per heavy atom. The fraction of sp³-hybridized carbons (Fsp3) is 0.150. The summed E-state index contributed by atoms with van der Waals surface area (Å²) >= 11 is 0. The van der Waals surface area contributed by atoms with Crippen LogP contribution < -0.4 is 0 Å². The van der Waals surface area contributed by atoms with Gasteiger partial charge in [0.05, 0.1) is 17.9 Å². The fourth-order valence-corrected chi connectivity index (χ4v) is 3.15. The molecule has 5 nitrogen and oxygen atoms in total. The second-order valence-electron chi connectivity index (χ2n) is 6.15. The van der Waals surface area contributed by atoms with E-state index >= 15 is 0 Å². The Balaban J connectivity index is 1.70. The maximum atomic E-state index is 13.4. The van der Waals surface area contributed by atoms with Crippen LogP contribution in [0.4, 0.5) is 4.39 Å². The first-order valence-corrected chi connectivity index (χ1v) is 8.36. The van der Waals surface area contributed by atoms with Crippen LogP contribution >= 0.6 is 0 Å². The number of pyridine rings is 1. The minimum absolute atomic E-state index is 0.189. The molecule has 0 aliphatic heterocycles. The molecule has 0 radical (unpaired) electrons.